The molecular weight excluding hydrogens is 274 g/mol. The highest BCUT2D eigenvalue weighted by Gasteiger charge is 2.08. The minimum Gasteiger partial charge on any atom is -0.486 e. The van der Waals surface area contributed by atoms with Crippen LogP contribution in [0.3, 0.4) is 0 Å². The van der Waals surface area contributed by atoms with E-state index in [1.807, 2.05) is 46.0 Å². The second-order valence-corrected chi connectivity index (χ2v) is 5.36. The Hall–Kier alpha value is -1.45. The molecule has 2 aromatic rings. The summed E-state index contributed by atoms with van der Waals surface area (Å²) in [6, 6.07) is 5.92. The van der Waals surface area contributed by atoms with Crippen molar-refractivity contribution in [3.8, 4) is 5.75 Å². The van der Waals surface area contributed by atoms with Gasteiger partial charge in [0.2, 0.25) is 0 Å². The molecule has 2 rings (SSSR count). The molecular formula is C16H20ClNO2. The van der Waals surface area contributed by atoms with E-state index >= 15 is 0 Å². The van der Waals surface area contributed by atoms with Crippen molar-refractivity contribution in [3.05, 3.63) is 51.4 Å². The standard InChI is InChI=1S/C16H20ClNO2/c1-10-5-14(6-11(2)16(10)17)19-9-15-7-13(8-18-4)12(3)20-15/h5-7,18H,8-9H2,1-4H3. The molecule has 1 aromatic heterocycles. The van der Waals surface area contributed by atoms with Crippen molar-refractivity contribution in [2.75, 3.05) is 7.05 Å². The van der Waals surface area contributed by atoms with Crippen LogP contribution in [0.1, 0.15) is 28.2 Å². The van der Waals surface area contributed by atoms with Crippen LogP contribution in [0.5, 0.6) is 5.75 Å². The molecule has 108 valence electrons. The molecule has 0 spiro atoms. The molecule has 1 aromatic carbocycles. The predicted molar refractivity (Wildman–Crippen MR) is 81.5 cm³/mol. The second-order valence-electron chi connectivity index (χ2n) is 4.98. The van der Waals surface area contributed by atoms with Crippen LogP contribution < -0.4 is 10.1 Å². The largest absolute Gasteiger partial charge is 0.486 e. The molecule has 0 aliphatic heterocycles. The topological polar surface area (TPSA) is 34.4 Å². The van der Waals surface area contributed by atoms with E-state index in [4.69, 9.17) is 20.8 Å². The number of aryl methyl sites for hydroxylation is 3. The van der Waals surface area contributed by atoms with E-state index in [1.54, 1.807) is 0 Å². The molecule has 0 saturated heterocycles. The van der Waals surface area contributed by atoms with Gasteiger partial charge >= 0.3 is 0 Å². The molecule has 3 nitrogen and oxygen atoms in total. The number of hydrogen-bond donors (Lipinski definition) is 1. The van der Waals surface area contributed by atoms with Gasteiger partial charge in [0.25, 0.3) is 0 Å². The highest BCUT2D eigenvalue weighted by molar-refractivity contribution is 6.32. The normalized spacial score (nSPS) is 10.8. The lowest BCUT2D eigenvalue weighted by molar-refractivity contribution is 0.267. The highest BCUT2D eigenvalue weighted by atomic mass is 35.5. The molecule has 0 bridgehead atoms. The predicted octanol–water partition coefficient (Wildman–Crippen LogP) is 4.16. The molecule has 0 aliphatic carbocycles. The van der Waals surface area contributed by atoms with Gasteiger partial charge in [0.1, 0.15) is 23.9 Å². The number of hydrogen-bond acceptors (Lipinski definition) is 3. The van der Waals surface area contributed by atoms with Crippen molar-refractivity contribution in [1.29, 1.82) is 0 Å². The molecule has 0 fully saturated rings. The van der Waals surface area contributed by atoms with Gasteiger partial charge in [-0.25, -0.2) is 0 Å². The summed E-state index contributed by atoms with van der Waals surface area (Å²) in [5.41, 5.74) is 3.20. The van der Waals surface area contributed by atoms with E-state index in [0.29, 0.717) is 6.61 Å². The molecule has 1 N–H and O–H groups in total. The smallest absolute Gasteiger partial charge is 0.146 e. The van der Waals surface area contributed by atoms with Crippen molar-refractivity contribution in [3.63, 3.8) is 0 Å². The summed E-state index contributed by atoms with van der Waals surface area (Å²) >= 11 is 6.14. The van der Waals surface area contributed by atoms with Crippen LogP contribution in [0.15, 0.2) is 22.6 Å². The summed E-state index contributed by atoms with van der Waals surface area (Å²) in [5, 5.41) is 3.91. The number of rotatable bonds is 5. The summed E-state index contributed by atoms with van der Waals surface area (Å²) in [4.78, 5) is 0. The van der Waals surface area contributed by atoms with Crippen molar-refractivity contribution < 1.29 is 9.15 Å². The van der Waals surface area contributed by atoms with Crippen LogP contribution in [0.25, 0.3) is 0 Å². The Morgan fingerprint density at radius 1 is 1.15 bits per heavy atom. The molecule has 0 atom stereocenters. The van der Waals surface area contributed by atoms with E-state index in [0.717, 1.165) is 45.5 Å². The van der Waals surface area contributed by atoms with Crippen molar-refractivity contribution in [2.24, 2.45) is 0 Å². The number of nitrogens with one attached hydrogen (secondary N) is 1. The average molecular weight is 294 g/mol. The lowest BCUT2D eigenvalue weighted by Gasteiger charge is -2.08. The fraction of sp³-hybridized carbons (Fsp3) is 0.375. The third-order valence-corrected chi connectivity index (χ3v) is 3.83. The Bertz CT molecular complexity index is 582. The van der Waals surface area contributed by atoms with Gasteiger partial charge in [-0.05, 0) is 57.1 Å². The maximum absolute atomic E-state index is 6.14. The van der Waals surface area contributed by atoms with Gasteiger partial charge in [0.05, 0.1) is 0 Å². The van der Waals surface area contributed by atoms with Crippen LogP contribution in [0.2, 0.25) is 5.02 Å². The van der Waals surface area contributed by atoms with Gasteiger partial charge in [-0.2, -0.15) is 0 Å². The molecule has 4 heteroatoms. The molecule has 0 unspecified atom stereocenters. The minimum atomic E-state index is 0.422. The van der Waals surface area contributed by atoms with E-state index in [9.17, 15) is 0 Å². The number of furan rings is 1. The fourth-order valence-corrected chi connectivity index (χ4v) is 2.28. The van der Waals surface area contributed by atoms with E-state index in [-0.39, 0.29) is 0 Å². The first-order valence-corrected chi connectivity index (χ1v) is 7.01. The maximum Gasteiger partial charge on any atom is 0.146 e. The zero-order valence-corrected chi connectivity index (χ0v) is 13.1. The SMILES string of the molecule is CNCc1cc(COc2cc(C)c(Cl)c(C)c2)oc1C. The Labute approximate surface area is 124 Å². The van der Waals surface area contributed by atoms with Crippen molar-refractivity contribution in [2.45, 2.75) is 33.9 Å². The molecule has 0 saturated carbocycles. The van der Waals surface area contributed by atoms with Gasteiger partial charge in [-0.15, -0.1) is 0 Å². The molecule has 0 amide bonds. The van der Waals surface area contributed by atoms with Gasteiger partial charge in [-0.3, -0.25) is 0 Å². The van der Waals surface area contributed by atoms with E-state index in [1.165, 1.54) is 0 Å². The Kier molecular flexibility index (Phi) is 4.73. The molecule has 0 radical (unpaired) electrons. The average Bonchev–Trinajstić information content (AvgIpc) is 2.75. The summed E-state index contributed by atoms with van der Waals surface area (Å²) in [7, 11) is 1.92. The number of benzene rings is 1. The maximum atomic E-state index is 6.14. The first-order valence-electron chi connectivity index (χ1n) is 6.63. The van der Waals surface area contributed by atoms with Crippen LogP contribution >= 0.6 is 11.6 Å². The quantitative estimate of drug-likeness (QED) is 0.899. The van der Waals surface area contributed by atoms with Crippen LogP contribution in [-0.4, -0.2) is 7.05 Å². The van der Waals surface area contributed by atoms with Gasteiger partial charge in [0.15, 0.2) is 0 Å². The highest BCUT2D eigenvalue weighted by Crippen LogP contribution is 2.26. The van der Waals surface area contributed by atoms with Gasteiger partial charge in [-0.1, -0.05) is 11.6 Å². The second kappa shape index (κ2) is 6.33. The number of halogens is 1. The Balaban J connectivity index is 2.07. The summed E-state index contributed by atoms with van der Waals surface area (Å²) in [6.07, 6.45) is 0. The van der Waals surface area contributed by atoms with Gasteiger partial charge < -0.3 is 14.5 Å². The Morgan fingerprint density at radius 2 is 1.80 bits per heavy atom. The molecule has 20 heavy (non-hydrogen) atoms. The van der Waals surface area contributed by atoms with Crippen molar-refractivity contribution in [1.82, 2.24) is 5.32 Å². The summed E-state index contributed by atoms with van der Waals surface area (Å²) < 4.78 is 11.5. The zero-order valence-electron chi connectivity index (χ0n) is 12.3. The lowest BCUT2D eigenvalue weighted by atomic mass is 10.1. The van der Waals surface area contributed by atoms with E-state index in [2.05, 4.69) is 5.32 Å². The summed E-state index contributed by atoms with van der Waals surface area (Å²) in [6.45, 7) is 7.14. The lowest BCUT2D eigenvalue weighted by Crippen LogP contribution is -2.04. The third kappa shape index (κ3) is 3.35. The Morgan fingerprint density at radius 3 is 2.40 bits per heavy atom. The fourth-order valence-electron chi connectivity index (χ4n) is 2.17. The first-order chi connectivity index (χ1) is 9.51. The third-order valence-electron chi connectivity index (χ3n) is 3.23. The monoisotopic (exact) mass is 293 g/mol. The van der Waals surface area contributed by atoms with E-state index < -0.39 is 0 Å². The number of ether oxygens (including phenoxy) is 1. The summed E-state index contributed by atoms with van der Waals surface area (Å²) in [5.74, 6) is 2.58. The zero-order chi connectivity index (χ0) is 14.7. The van der Waals surface area contributed by atoms with Crippen molar-refractivity contribution >= 4 is 11.6 Å². The minimum absolute atomic E-state index is 0.422. The molecule has 1 heterocycles. The van der Waals surface area contributed by atoms with Gasteiger partial charge in [0, 0.05) is 17.1 Å². The van der Waals surface area contributed by atoms with Crippen LogP contribution in [0.4, 0.5) is 0 Å². The van der Waals surface area contributed by atoms with Crippen LogP contribution in [0, 0.1) is 20.8 Å². The van der Waals surface area contributed by atoms with Crippen LogP contribution in [-0.2, 0) is 13.2 Å². The molecule has 0 aliphatic rings. The first kappa shape index (κ1) is 14.9.